The Kier molecular flexibility index (Phi) is 3.96. The molecule has 1 aromatic rings. The van der Waals surface area contributed by atoms with Gasteiger partial charge in [0.2, 0.25) is 5.91 Å². The van der Waals surface area contributed by atoms with Crippen LogP contribution in [0.15, 0.2) is 24.3 Å². The molecular weight excluding hydrogens is 198 g/mol. The number of benzene rings is 1. The zero-order chi connectivity index (χ0) is 10.6. The number of hydrogen-bond donors (Lipinski definition) is 1. The number of halogens is 1. The van der Waals surface area contributed by atoms with Crippen LogP contribution in [-0.4, -0.2) is 11.3 Å². The van der Waals surface area contributed by atoms with Crippen LogP contribution in [0.5, 0.6) is 0 Å². The fraction of sp³-hybridized carbons (Fsp3) is 0.364. The molecule has 0 aliphatic carbocycles. The van der Waals surface area contributed by atoms with Crippen molar-refractivity contribution in [2.75, 3.05) is 0 Å². The first-order valence-electron chi connectivity index (χ1n) is 4.64. The number of hydrogen-bond acceptors (Lipinski definition) is 1. The van der Waals surface area contributed by atoms with E-state index in [-0.39, 0.29) is 0 Å². The quantitative estimate of drug-likeness (QED) is 0.760. The molecule has 0 aliphatic heterocycles. The molecule has 0 fully saturated rings. The van der Waals surface area contributed by atoms with Gasteiger partial charge in [-0.05, 0) is 24.0 Å². The molecule has 76 valence electrons. The van der Waals surface area contributed by atoms with E-state index in [1.54, 1.807) is 0 Å². The summed E-state index contributed by atoms with van der Waals surface area (Å²) in [5, 5.41) is -0.609. The minimum absolute atomic E-state index is 0.464. The van der Waals surface area contributed by atoms with Crippen molar-refractivity contribution >= 4 is 17.5 Å². The second-order valence-corrected chi connectivity index (χ2v) is 3.77. The van der Waals surface area contributed by atoms with Gasteiger partial charge in [-0.2, -0.15) is 0 Å². The predicted molar refractivity (Wildman–Crippen MR) is 58.4 cm³/mol. The van der Waals surface area contributed by atoms with Gasteiger partial charge in [0, 0.05) is 0 Å². The summed E-state index contributed by atoms with van der Waals surface area (Å²) in [6.07, 6.45) is 1.49. The van der Waals surface area contributed by atoms with Gasteiger partial charge in [0.05, 0.1) is 0 Å². The fourth-order valence-electron chi connectivity index (χ4n) is 1.28. The van der Waals surface area contributed by atoms with Crippen LogP contribution in [0.1, 0.15) is 18.1 Å². The molecule has 14 heavy (non-hydrogen) atoms. The molecule has 3 heteroatoms. The Morgan fingerprint density at radius 1 is 1.50 bits per heavy atom. The number of carbonyl (C=O) groups is 1. The summed E-state index contributed by atoms with van der Waals surface area (Å²) < 4.78 is 0. The molecular formula is C11H14ClNO. The van der Waals surface area contributed by atoms with E-state index in [0.717, 1.165) is 12.0 Å². The van der Waals surface area contributed by atoms with Gasteiger partial charge in [-0.1, -0.05) is 31.2 Å². The molecule has 2 N–H and O–H groups in total. The predicted octanol–water partition coefficient (Wildman–Crippen LogP) is 1.88. The average Bonchev–Trinajstić information content (AvgIpc) is 2.18. The van der Waals surface area contributed by atoms with Crippen molar-refractivity contribution in [3.05, 3.63) is 35.4 Å². The van der Waals surface area contributed by atoms with Gasteiger partial charge in [-0.3, -0.25) is 4.79 Å². The summed E-state index contributed by atoms with van der Waals surface area (Å²) in [6.45, 7) is 2.09. The topological polar surface area (TPSA) is 43.1 Å². The van der Waals surface area contributed by atoms with Crippen LogP contribution in [0, 0.1) is 0 Å². The first-order chi connectivity index (χ1) is 6.63. The molecule has 0 bridgehead atoms. The van der Waals surface area contributed by atoms with Crippen LogP contribution in [0.4, 0.5) is 0 Å². The lowest BCUT2D eigenvalue weighted by Crippen LogP contribution is -2.25. The van der Waals surface area contributed by atoms with Crippen LogP contribution in [0.25, 0.3) is 0 Å². The first-order valence-corrected chi connectivity index (χ1v) is 5.08. The fourth-order valence-corrected chi connectivity index (χ4v) is 1.46. The molecule has 0 spiro atoms. The van der Waals surface area contributed by atoms with E-state index in [0.29, 0.717) is 6.42 Å². The zero-order valence-corrected chi connectivity index (χ0v) is 8.92. The normalized spacial score (nSPS) is 12.4. The van der Waals surface area contributed by atoms with Gasteiger partial charge in [-0.25, -0.2) is 0 Å². The SMILES string of the molecule is CCc1cccc(CC(Cl)C(N)=O)c1. The number of rotatable bonds is 4. The lowest BCUT2D eigenvalue weighted by atomic mass is 10.0. The van der Waals surface area contributed by atoms with Crippen molar-refractivity contribution in [3.63, 3.8) is 0 Å². The number of amides is 1. The molecule has 0 aromatic heterocycles. The molecule has 0 saturated carbocycles. The Balaban J connectivity index is 2.71. The lowest BCUT2D eigenvalue weighted by Gasteiger charge is -2.06. The van der Waals surface area contributed by atoms with Gasteiger partial charge in [-0.15, -0.1) is 11.6 Å². The molecule has 0 aliphatic rings. The van der Waals surface area contributed by atoms with Crippen molar-refractivity contribution in [3.8, 4) is 0 Å². The van der Waals surface area contributed by atoms with Gasteiger partial charge in [0.15, 0.2) is 0 Å². The minimum Gasteiger partial charge on any atom is -0.368 e. The Labute approximate surface area is 89.1 Å². The van der Waals surface area contributed by atoms with E-state index in [1.165, 1.54) is 5.56 Å². The second kappa shape index (κ2) is 5.01. The van der Waals surface area contributed by atoms with E-state index < -0.39 is 11.3 Å². The highest BCUT2D eigenvalue weighted by atomic mass is 35.5. The smallest absolute Gasteiger partial charge is 0.235 e. The number of alkyl halides is 1. The summed E-state index contributed by atoms with van der Waals surface area (Å²) in [5.74, 6) is -0.464. The molecule has 0 radical (unpaired) electrons. The van der Waals surface area contributed by atoms with E-state index in [9.17, 15) is 4.79 Å². The van der Waals surface area contributed by atoms with Crippen LogP contribution in [0.2, 0.25) is 0 Å². The molecule has 1 unspecified atom stereocenters. The number of nitrogens with two attached hydrogens (primary N) is 1. The van der Waals surface area contributed by atoms with Gasteiger partial charge in [0.25, 0.3) is 0 Å². The molecule has 1 amide bonds. The van der Waals surface area contributed by atoms with Gasteiger partial charge in [0.1, 0.15) is 5.38 Å². The highest BCUT2D eigenvalue weighted by Crippen LogP contribution is 2.11. The van der Waals surface area contributed by atoms with Gasteiger partial charge >= 0.3 is 0 Å². The summed E-state index contributed by atoms with van der Waals surface area (Å²) in [6, 6.07) is 8.03. The van der Waals surface area contributed by atoms with Crippen molar-refractivity contribution < 1.29 is 4.79 Å². The lowest BCUT2D eigenvalue weighted by molar-refractivity contribution is -0.117. The molecule has 1 rings (SSSR count). The Morgan fingerprint density at radius 3 is 2.71 bits per heavy atom. The number of carbonyl (C=O) groups excluding carboxylic acids is 1. The van der Waals surface area contributed by atoms with Crippen molar-refractivity contribution in [1.29, 1.82) is 0 Å². The van der Waals surface area contributed by atoms with Crippen molar-refractivity contribution in [2.45, 2.75) is 25.1 Å². The summed E-state index contributed by atoms with van der Waals surface area (Å²) in [5.41, 5.74) is 7.39. The average molecular weight is 212 g/mol. The third kappa shape index (κ3) is 3.04. The summed E-state index contributed by atoms with van der Waals surface area (Å²) in [7, 11) is 0. The monoisotopic (exact) mass is 211 g/mol. The molecule has 0 heterocycles. The van der Waals surface area contributed by atoms with E-state index in [4.69, 9.17) is 17.3 Å². The van der Waals surface area contributed by atoms with Crippen LogP contribution in [0.3, 0.4) is 0 Å². The largest absolute Gasteiger partial charge is 0.368 e. The Hall–Kier alpha value is -1.02. The van der Waals surface area contributed by atoms with Crippen molar-refractivity contribution in [2.24, 2.45) is 5.73 Å². The van der Waals surface area contributed by atoms with Crippen LogP contribution >= 0.6 is 11.6 Å². The minimum atomic E-state index is -0.609. The second-order valence-electron chi connectivity index (χ2n) is 3.25. The Bertz CT molecular complexity index is 325. The maximum atomic E-state index is 10.7. The first kappa shape index (κ1) is 11.1. The maximum Gasteiger partial charge on any atom is 0.235 e. The van der Waals surface area contributed by atoms with Crippen LogP contribution < -0.4 is 5.73 Å². The van der Waals surface area contributed by atoms with E-state index in [2.05, 4.69) is 19.1 Å². The third-order valence-corrected chi connectivity index (χ3v) is 2.49. The molecule has 1 atom stereocenters. The number of primary amides is 1. The molecule has 1 aromatic carbocycles. The van der Waals surface area contributed by atoms with Gasteiger partial charge < -0.3 is 5.73 Å². The van der Waals surface area contributed by atoms with E-state index in [1.807, 2.05) is 12.1 Å². The standard InChI is InChI=1S/C11H14ClNO/c1-2-8-4-3-5-9(6-8)7-10(12)11(13)14/h3-6,10H,2,7H2,1H3,(H2,13,14). The van der Waals surface area contributed by atoms with Crippen molar-refractivity contribution in [1.82, 2.24) is 0 Å². The summed E-state index contributed by atoms with van der Waals surface area (Å²) in [4.78, 5) is 10.7. The summed E-state index contributed by atoms with van der Waals surface area (Å²) >= 11 is 5.77. The molecule has 0 saturated heterocycles. The van der Waals surface area contributed by atoms with E-state index >= 15 is 0 Å². The zero-order valence-electron chi connectivity index (χ0n) is 8.16. The Morgan fingerprint density at radius 2 is 2.14 bits per heavy atom. The molecule has 2 nitrogen and oxygen atoms in total. The highest BCUT2D eigenvalue weighted by molar-refractivity contribution is 6.30. The van der Waals surface area contributed by atoms with Crippen LogP contribution in [-0.2, 0) is 17.6 Å². The maximum absolute atomic E-state index is 10.7. The number of aryl methyl sites for hydroxylation is 1. The highest BCUT2D eigenvalue weighted by Gasteiger charge is 2.11. The third-order valence-electron chi connectivity index (χ3n) is 2.12.